The van der Waals surface area contributed by atoms with Gasteiger partial charge in [0.15, 0.2) is 5.78 Å². The number of allylic oxidation sites excluding steroid dienone is 1. The molecule has 0 fully saturated rings. The van der Waals surface area contributed by atoms with Gasteiger partial charge in [0.1, 0.15) is 0 Å². The molecule has 0 saturated carbocycles. The zero-order valence-electron chi connectivity index (χ0n) is 6.98. The average molecular weight is 235 g/mol. The van der Waals surface area contributed by atoms with Crippen molar-refractivity contribution in [2.45, 2.75) is 13.8 Å². The first kappa shape index (κ1) is 11.2. The molecule has 0 aromatic heterocycles. The van der Waals surface area contributed by atoms with Crippen molar-refractivity contribution in [2.24, 2.45) is 5.73 Å². The van der Waals surface area contributed by atoms with E-state index in [1.807, 2.05) is 0 Å². The van der Waals surface area contributed by atoms with Crippen molar-refractivity contribution < 1.29 is 9.59 Å². The second-order valence-corrected chi connectivity index (χ2v) is 3.12. The second-order valence-electron chi connectivity index (χ2n) is 2.33. The van der Waals surface area contributed by atoms with Gasteiger partial charge in [-0.05, 0) is 22.9 Å². The average Bonchev–Trinajstić information content (AvgIpc) is 1.98. The number of nitrogens with two attached hydrogens (primary N) is 1. The molecule has 1 amide bonds. The van der Waals surface area contributed by atoms with Crippen molar-refractivity contribution in [2.75, 3.05) is 6.54 Å². The van der Waals surface area contributed by atoms with Crippen LogP contribution in [0.1, 0.15) is 13.8 Å². The molecule has 68 valence electrons. The fourth-order valence-corrected chi connectivity index (χ4v) is 0.642. The number of carbonyl (C=O) groups excluding carboxylic acids is 2. The van der Waals surface area contributed by atoms with Gasteiger partial charge in [0.2, 0.25) is 5.91 Å². The van der Waals surface area contributed by atoms with Gasteiger partial charge in [0.05, 0.1) is 11.0 Å². The van der Waals surface area contributed by atoms with Crippen molar-refractivity contribution in [1.29, 1.82) is 0 Å². The Balaban J connectivity index is 4.07. The van der Waals surface area contributed by atoms with Crippen LogP contribution in [0.4, 0.5) is 0 Å². The van der Waals surface area contributed by atoms with E-state index in [4.69, 9.17) is 5.73 Å². The van der Waals surface area contributed by atoms with E-state index in [0.29, 0.717) is 10.2 Å². The predicted octanol–water partition coefficient (Wildman–Crippen LogP) is 0.277. The summed E-state index contributed by atoms with van der Waals surface area (Å²) in [4.78, 5) is 21.5. The minimum atomic E-state index is -0.238. The van der Waals surface area contributed by atoms with Crippen molar-refractivity contribution in [3.63, 3.8) is 0 Å². The Morgan fingerprint density at radius 1 is 1.42 bits per heavy atom. The van der Waals surface area contributed by atoms with Crippen LogP contribution in [0.25, 0.3) is 0 Å². The summed E-state index contributed by atoms with van der Waals surface area (Å²) in [7, 11) is 0. The highest BCUT2D eigenvalue weighted by atomic mass is 79.9. The number of halogens is 1. The zero-order valence-corrected chi connectivity index (χ0v) is 8.56. The van der Waals surface area contributed by atoms with Gasteiger partial charge < -0.3 is 11.1 Å². The minimum absolute atomic E-state index is 0.0234. The zero-order chi connectivity index (χ0) is 9.72. The maximum atomic E-state index is 11.1. The lowest BCUT2D eigenvalue weighted by Gasteiger charge is -2.01. The van der Waals surface area contributed by atoms with Crippen molar-refractivity contribution >= 4 is 27.6 Å². The Labute approximate surface area is 79.3 Å². The van der Waals surface area contributed by atoms with Crippen LogP contribution in [0.2, 0.25) is 0 Å². The monoisotopic (exact) mass is 234 g/mol. The van der Waals surface area contributed by atoms with E-state index in [-0.39, 0.29) is 18.2 Å². The first-order valence-corrected chi connectivity index (χ1v) is 4.14. The van der Waals surface area contributed by atoms with Crippen LogP contribution in [-0.2, 0) is 9.59 Å². The highest BCUT2D eigenvalue weighted by Crippen LogP contribution is 2.08. The Morgan fingerprint density at radius 3 is 2.25 bits per heavy atom. The van der Waals surface area contributed by atoms with E-state index < -0.39 is 0 Å². The van der Waals surface area contributed by atoms with Crippen LogP contribution in [0.5, 0.6) is 0 Å². The van der Waals surface area contributed by atoms with Crippen LogP contribution < -0.4 is 11.1 Å². The molecule has 4 nitrogen and oxygen atoms in total. The smallest absolute Gasteiger partial charge is 0.217 e. The van der Waals surface area contributed by atoms with Crippen LogP contribution in [0, 0.1) is 0 Å². The van der Waals surface area contributed by atoms with E-state index >= 15 is 0 Å². The molecule has 0 spiro atoms. The first-order valence-electron chi connectivity index (χ1n) is 3.34. The molecule has 0 aromatic carbocycles. The molecule has 0 aliphatic rings. The number of hydrogen-bond acceptors (Lipinski definition) is 3. The highest BCUT2D eigenvalue weighted by Gasteiger charge is 2.07. The molecule has 5 heteroatoms. The van der Waals surface area contributed by atoms with E-state index in [1.165, 1.54) is 6.92 Å². The number of amides is 1. The van der Waals surface area contributed by atoms with Gasteiger partial charge in [0.25, 0.3) is 0 Å². The summed E-state index contributed by atoms with van der Waals surface area (Å²) < 4.78 is 0.316. The summed E-state index contributed by atoms with van der Waals surface area (Å²) >= 11 is 3.01. The van der Waals surface area contributed by atoms with E-state index in [9.17, 15) is 9.59 Å². The standard InChI is InChI=1S/C7H11BrN2O2/c1-4(9)7(8)6(12)3-10-5(2)11/h3,9H2,1-2H3,(H,10,11). The molecule has 3 N–H and O–H groups in total. The number of ketones is 1. The fraction of sp³-hybridized carbons (Fsp3) is 0.429. The van der Waals surface area contributed by atoms with Gasteiger partial charge in [-0.15, -0.1) is 0 Å². The number of nitrogens with one attached hydrogen (secondary N) is 1. The van der Waals surface area contributed by atoms with Crippen molar-refractivity contribution in [3.05, 3.63) is 10.2 Å². The Bertz CT molecular complexity index is 232. The maximum absolute atomic E-state index is 11.1. The van der Waals surface area contributed by atoms with E-state index in [1.54, 1.807) is 6.92 Å². The lowest BCUT2D eigenvalue weighted by molar-refractivity contribution is -0.122. The molecule has 0 heterocycles. The van der Waals surface area contributed by atoms with Gasteiger partial charge in [-0.2, -0.15) is 0 Å². The third-order valence-corrected chi connectivity index (χ3v) is 2.16. The van der Waals surface area contributed by atoms with Crippen molar-refractivity contribution in [3.8, 4) is 0 Å². The van der Waals surface area contributed by atoms with Gasteiger partial charge in [-0.1, -0.05) is 0 Å². The molecule has 0 bridgehead atoms. The quantitative estimate of drug-likeness (QED) is 0.690. The summed E-state index contributed by atoms with van der Waals surface area (Å²) in [6, 6.07) is 0. The molecule has 0 aliphatic heterocycles. The number of rotatable bonds is 3. The molecule has 0 unspecified atom stereocenters. The van der Waals surface area contributed by atoms with Crippen LogP contribution in [-0.4, -0.2) is 18.2 Å². The number of carbonyl (C=O) groups is 2. The number of hydrogen-bond donors (Lipinski definition) is 2. The maximum Gasteiger partial charge on any atom is 0.217 e. The Kier molecular flexibility index (Phi) is 4.58. The molecular formula is C7H11BrN2O2. The van der Waals surface area contributed by atoms with Gasteiger partial charge in [-0.25, -0.2) is 0 Å². The molecule has 0 aromatic rings. The lowest BCUT2D eigenvalue weighted by atomic mass is 10.3. The normalized spacial score (nSPS) is 11.9. The molecular weight excluding hydrogens is 224 g/mol. The van der Waals surface area contributed by atoms with Gasteiger partial charge >= 0.3 is 0 Å². The molecule has 0 radical (unpaired) electrons. The summed E-state index contributed by atoms with van der Waals surface area (Å²) in [5.74, 6) is -0.469. The van der Waals surface area contributed by atoms with Crippen LogP contribution in [0.3, 0.4) is 0 Å². The fourth-order valence-electron chi connectivity index (χ4n) is 0.502. The third kappa shape index (κ3) is 4.12. The van der Waals surface area contributed by atoms with Gasteiger partial charge in [0, 0.05) is 12.6 Å². The summed E-state index contributed by atoms with van der Waals surface area (Å²) in [5, 5.41) is 2.37. The largest absolute Gasteiger partial charge is 0.401 e. The lowest BCUT2D eigenvalue weighted by Crippen LogP contribution is -2.27. The third-order valence-electron chi connectivity index (χ3n) is 1.09. The SMILES string of the molecule is CC(=O)NCC(=O)C(Br)=C(C)N. The first-order chi connectivity index (χ1) is 5.45. The summed E-state index contributed by atoms with van der Waals surface area (Å²) in [6.45, 7) is 2.93. The number of Topliss-reactive ketones (excluding diaryl/α,β-unsaturated/α-hetero) is 1. The second kappa shape index (κ2) is 4.92. The van der Waals surface area contributed by atoms with E-state index in [2.05, 4.69) is 21.2 Å². The van der Waals surface area contributed by atoms with E-state index in [0.717, 1.165) is 0 Å². The van der Waals surface area contributed by atoms with Crippen molar-refractivity contribution in [1.82, 2.24) is 5.32 Å². The minimum Gasteiger partial charge on any atom is -0.401 e. The van der Waals surface area contributed by atoms with Crippen LogP contribution >= 0.6 is 15.9 Å². The van der Waals surface area contributed by atoms with Gasteiger partial charge in [-0.3, -0.25) is 9.59 Å². The molecule has 0 saturated heterocycles. The highest BCUT2D eigenvalue weighted by molar-refractivity contribution is 9.12. The molecule has 0 rings (SSSR count). The molecule has 0 aliphatic carbocycles. The predicted molar refractivity (Wildman–Crippen MR) is 49.5 cm³/mol. The Morgan fingerprint density at radius 2 is 1.92 bits per heavy atom. The van der Waals surface area contributed by atoms with Crippen LogP contribution in [0.15, 0.2) is 10.2 Å². The molecule has 0 atom stereocenters. The molecule has 12 heavy (non-hydrogen) atoms. The topological polar surface area (TPSA) is 72.2 Å². The Hall–Kier alpha value is -0.840. The summed E-state index contributed by atoms with van der Waals surface area (Å²) in [5.41, 5.74) is 5.75. The summed E-state index contributed by atoms with van der Waals surface area (Å²) in [6.07, 6.45) is 0.